The smallest absolute Gasteiger partial charge is 0.338 e. The van der Waals surface area contributed by atoms with Gasteiger partial charge < -0.3 is 9.84 Å². The van der Waals surface area contributed by atoms with Gasteiger partial charge in [0.2, 0.25) is 0 Å². The van der Waals surface area contributed by atoms with Crippen LogP contribution in [-0.4, -0.2) is 28.6 Å². The summed E-state index contributed by atoms with van der Waals surface area (Å²) in [4.78, 5) is 23.8. The molecule has 0 unspecified atom stereocenters. The molecule has 1 saturated heterocycles. The lowest BCUT2D eigenvalue weighted by Gasteiger charge is -2.42. The first-order chi connectivity index (χ1) is 10.2. The maximum absolute atomic E-state index is 12.2. The van der Waals surface area contributed by atoms with E-state index in [0.29, 0.717) is 24.0 Å². The van der Waals surface area contributed by atoms with Gasteiger partial charge >= 0.3 is 5.97 Å². The Kier molecular flexibility index (Phi) is 3.87. The Balaban J connectivity index is 1.67. The molecule has 4 nitrogen and oxygen atoms in total. The molecule has 3 aliphatic rings. The molecular formula is C18H28O4. The van der Waals surface area contributed by atoms with E-state index in [1.54, 1.807) is 0 Å². The molecule has 2 aliphatic carbocycles. The summed E-state index contributed by atoms with van der Waals surface area (Å²) in [7, 11) is 0. The molecule has 4 heteroatoms. The third kappa shape index (κ3) is 2.49. The van der Waals surface area contributed by atoms with Crippen LogP contribution in [0.3, 0.4) is 0 Å². The summed E-state index contributed by atoms with van der Waals surface area (Å²) < 4.78 is 5.34. The maximum atomic E-state index is 12.2. The van der Waals surface area contributed by atoms with E-state index in [0.717, 1.165) is 38.5 Å². The van der Waals surface area contributed by atoms with Crippen molar-refractivity contribution in [3.8, 4) is 0 Å². The number of hydrogen-bond donors (Lipinski definition) is 1. The normalized spacial score (nSPS) is 46.5. The molecule has 1 N–H and O–H groups in total. The average molecular weight is 308 g/mol. The van der Waals surface area contributed by atoms with Gasteiger partial charge in [0.15, 0.2) is 5.60 Å². The molecule has 3 fully saturated rings. The number of rotatable bonds is 3. The number of cyclic esters (lactones) is 1. The molecule has 22 heavy (non-hydrogen) atoms. The van der Waals surface area contributed by atoms with E-state index in [1.165, 1.54) is 6.92 Å². The molecule has 0 amide bonds. The zero-order valence-electron chi connectivity index (χ0n) is 13.9. The van der Waals surface area contributed by atoms with Crippen LogP contribution in [0.2, 0.25) is 0 Å². The van der Waals surface area contributed by atoms with Crippen molar-refractivity contribution in [2.75, 3.05) is 0 Å². The van der Waals surface area contributed by atoms with E-state index in [-0.39, 0.29) is 17.4 Å². The Morgan fingerprint density at radius 2 is 2.05 bits per heavy atom. The summed E-state index contributed by atoms with van der Waals surface area (Å²) in [5.74, 6) is 1.13. The van der Waals surface area contributed by atoms with Crippen molar-refractivity contribution in [1.82, 2.24) is 0 Å². The zero-order chi connectivity index (χ0) is 16.1. The van der Waals surface area contributed by atoms with Gasteiger partial charge in [-0.05, 0) is 56.3 Å². The molecule has 0 aromatic carbocycles. The lowest BCUT2D eigenvalue weighted by atomic mass is 9.62. The van der Waals surface area contributed by atoms with Gasteiger partial charge in [0.1, 0.15) is 11.9 Å². The summed E-state index contributed by atoms with van der Waals surface area (Å²) in [5.41, 5.74) is -1.20. The zero-order valence-corrected chi connectivity index (χ0v) is 13.9. The molecule has 6 atom stereocenters. The van der Waals surface area contributed by atoms with Crippen LogP contribution in [0.15, 0.2) is 0 Å². The Labute approximate surface area is 132 Å². The predicted molar refractivity (Wildman–Crippen MR) is 82.1 cm³/mol. The fourth-order valence-electron chi connectivity index (χ4n) is 5.46. The van der Waals surface area contributed by atoms with Gasteiger partial charge in [-0.1, -0.05) is 13.8 Å². The molecule has 124 valence electrons. The molecule has 0 spiro atoms. The molecule has 0 aromatic heterocycles. The van der Waals surface area contributed by atoms with E-state index < -0.39 is 11.6 Å². The Hall–Kier alpha value is -0.900. The largest absolute Gasteiger partial charge is 0.460 e. The van der Waals surface area contributed by atoms with Crippen LogP contribution < -0.4 is 0 Å². The van der Waals surface area contributed by atoms with Crippen LogP contribution in [0.25, 0.3) is 0 Å². The van der Waals surface area contributed by atoms with Gasteiger partial charge in [0.05, 0.1) is 0 Å². The molecule has 2 saturated carbocycles. The van der Waals surface area contributed by atoms with Crippen LogP contribution >= 0.6 is 0 Å². The quantitative estimate of drug-likeness (QED) is 0.814. The topological polar surface area (TPSA) is 63.6 Å². The molecule has 3 rings (SSSR count). The van der Waals surface area contributed by atoms with Gasteiger partial charge in [-0.3, -0.25) is 4.79 Å². The molecule has 0 aromatic rings. The van der Waals surface area contributed by atoms with E-state index >= 15 is 0 Å². The second-order valence-electron chi connectivity index (χ2n) is 8.28. The highest BCUT2D eigenvalue weighted by atomic mass is 16.6. The third-order valence-electron chi connectivity index (χ3n) is 6.60. The minimum atomic E-state index is -1.33. The van der Waals surface area contributed by atoms with Crippen molar-refractivity contribution in [2.24, 2.45) is 23.2 Å². The summed E-state index contributed by atoms with van der Waals surface area (Å²) in [6.07, 6.45) is 6.04. The van der Waals surface area contributed by atoms with Crippen molar-refractivity contribution < 1.29 is 19.4 Å². The number of ketones is 1. The van der Waals surface area contributed by atoms with E-state index in [9.17, 15) is 14.7 Å². The number of fused-ring (bicyclic) bond motifs is 1. The number of ether oxygens (including phenoxy) is 1. The highest BCUT2D eigenvalue weighted by molar-refractivity contribution is 5.83. The van der Waals surface area contributed by atoms with Gasteiger partial charge in [0, 0.05) is 18.8 Å². The summed E-state index contributed by atoms with van der Waals surface area (Å²) >= 11 is 0. The first-order valence-electron chi connectivity index (χ1n) is 8.70. The van der Waals surface area contributed by atoms with Crippen LogP contribution in [0.5, 0.6) is 0 Å². The highest BCUT2D eigenvalue weighted by Gasteiger charge is 2.53. The fourth-order valence-corrected chi connectivity index (χ4v) is 5.46. The Bertz CT molecular complexity index is 483. The number of aliphatic hydroxyl groups is 1. The number of carbonyl (C=O) groups is 2. The number of esters is 1. The van der Waals surface area contributed by atoms with Gasteiger partial charge in [-0.15, -0.1) is 0 Å². The van der Waals surface area contributed by atoms with Crippen LogP contribution in [-0.2, 0) is 14.3 Å². The summed E-state index contributed by atoms with van der Waals surface area (Å²) in [6, 6.07) is 0. The first-order valence-corrected chi connectivity index (χ1v) is 8.70. The molecular weight excluding hydrogens is 280 g/mol. The monoisotopic (exact) mass is 308 g/mol. The molecule has 0 bridgehead atoms. The van der Waals surface area contributed by atoms with Gasteiger partial charge in [-0.25, -0.2) is 4.79 Å². The van der Waals surface area contributed by atoms with Gasteiger partial charge in [0.25, 0.3) is 0 Å². The molecule has 0 radical (unpaired) electrons. The number of carbonyl (C=O) groups excluding carboxylic acids is 2. The number of hydrogen-bond acceptors (Lipinski definition) is 4. The van der Waals surface area contributed by atoms with E-state index in [2.05, 4.69) is 13.8 Å². The summed E-state index contributed by atoms with van der Waals surface area (Å²) in [5, 5.41) is 9.97. The standard InChI is InChI=1S/C18H28O4/c1-11(9-12-10-18(3,21)16(20)22-12)13-6-7-14-15(19)5-4-8-17(13,14)2/h11-14,21H,4-10H2,1-3H3/t11-,12+,13-,14+,17-,18-/m1/s1. The van der Waals surface area contributed by atoms with E-state index in [1.807, 2.05) is 0 Å². The highest BCUT2D eigenvalue weighted by Crippen LogP contribution is 2.57. The second kappa shape index (κ2) is 5.33. The molecule has 1 heterocycles. The van der Waals surface area contributed by atoms with Gasteiger partial charge in [-0.2, -0.15) is 0 Å². The van der Waals surface area contributed by atoms with E-state index in [4.69, 9.17) is 4.74 Å². The van der Waals surface area contributed by atoms with Crippen molar-refractivity contribution in [3.05, 3.63) is 0 Å². The van der Waals surface area contributed by atoms with Crippen LogP contribution in [0, 0.1) is 23.2 Å². The second-order valence-corrected chi connectivity index (χ2v) is 8.28. The van der Waals surface area contributed by atoms with Crippen molar-refractivity contribution in [3.63, 3.8) is 0 Å². The van der Waals surface area contributed by atoms with Crippen molar-refractivity contribution in [2.45, 2.75) is 77.4 Å². The first kappa shape index (κ1) is 16.0. The minimum absolute atomic E-state index is 0.125. The van der Waals surface area contributed by atoms with Crippen molar-refractivity contribution >= 4 is 11.8 Å². The molecule has 1 aliphatic heterocycles. The van der Waals surface area contributed by atoms with Crippen LogP contribution in [0.1, 0.15) is 65.7 Å². The minimum Gasteiger partial charge on any atom is -0.460 e. The number of Topliss-reactive ketones (excluding diaryl/α,β-unsaturated/α-hetero) is 1. The lowest BCUT2D eigenvalue weighted by Crippen LogP contribution is -2.39. The lowest BCUT2D eigenvalue weighted by molar-refractivity contribution is -0.154. The third-order valence-corrected chi connectivity index (χ3v) is 6.60. The van der Waals surface area contributed by atoms with Crippen LogP contribution in [0.4, 0.5) is 0 Å². The fraction of sp³-hybridized carbons (Fsp3) is 0.889. The average Bonchev–Trinajstić information content (AvgIpc) is 2.87. The summed E-state index contributed by atoms with van der Waals surface area (Å²) in [6.45, 7) is 6.05. The predicted octanol–water partition coefficient (Wildman–Crippen LogP) is 2.86. The Morgan fingerprint density at radius 3 is 2.68 bits per heavy atom. The maximum Gasteiger partial charge on any atom is 0.338 e. The SMILES string of the molecule is C[C@H](C[C@H]1C[C@@](C)(O)C(=O)O1)[C@H]1CC[C@H]2C(=O)CCC[C@]12C. The van der Waals surface area contributed by atoms with Crippen molar-refractivity contribution in [1.29, 1.82) is 0 Å². The Morgan fingerprint density at radius 1 is 1.32 bits per heavy atom.